The monoisotopic (exact) mass is 331 g/mol. The van der Waals surface area contributed by atoms with Crippen LogP contribution in [0.4, 0.5) is 0 Å². The van der Waals surface area contributed by atoms with Gasteiger partial charge in [0.1, 0.15) is 0 Å². The van der Waals surface area contributed by atoms with Gasteiger partial charge in [-0.05, 0) is 55.7 Å². The standard InChI is InChI=1S/C16H14BrNS/c17-16-9-14(10-19-16)15(18)8-11-5-6-12-3-1-2-4-13(12)7-11/h1-7,9-10,15H,8,18H2. The van der Waals surface area contributed by atoms with Crippen molar-refractivity contribution < 1.29 is 0 Å². The molecule has 3 heteroatoms. The molecule has 19 heavy (non-hydrogen) atoms. The summed E-state index contributed by atoms with van der Waals surface area (Å²) >= 11 is 5.16. The number of nitrogens with two attached hydrogens (primary N) is 1. The Morgan fingerprint density at radius 3 is 2.58 bits per heavy atom. The van der Waals surface area contributed by atoms with Crippen LogP contribution in [0.1, 0.15) is 17.2 Å². The lowest BCUT2D eigenvalue weighted by atomic mass is 9.99. The molecule has 1 nitrogen and oxygen atoms in total. The molecule has 1 atom stereocenters. The maximum atomic E-state index is 6.27. The number of halogens is 1. The van der Waals surface area contributed by atoms with Crippen LogP contribution in [0, 0.1) is 0 Å². The second-order valence-electron chi connectivity index (χ2n) is 4.68. The van der Waals surface area contributed by atoms with E-state index in [1.54, 1.807) is 11.3 Å². The molecule has 2 N–H and O–H groups in total. The van der Waals surface area contributed by atoms with Crippen LogP contribution in [-0.4, -0.2) is 0 Å². The normalized spacial score (nSPS) is 12.7. The van der Waals surface area contributed by atoms with Crippen LogP contribution in [0.25, 0.3) is 10.8 Å². The molecule has 96 valence electrons. The van der Waals surface area contributed by atoms with E-state index in [0.29, 0.717) is 0 Å². The minimum Gasteiger partial charge on any atom is -0.324 e. The third-order valence-electron chi connectivity index (χ3n) is 3.29. The van der Waals surface area contributed by atoms with Crippen molar-refractivity contribution >= 4 is 38.0 Å². The van der Waals surface area contributed by atoms with Crippen LogP contribution in [0.3, 0.4) is 0 Å². The van der Waals surface area contributed by atoms with Gasteiger partial charge in [-0.15, -0.1) is 11.3 Å². The highest BCUT2D eigenvalue weighted by atomic mass is 79.9. The lowest BCUT2D eigenvalue weighted by Gasteiger charge is -2.10. The summed E-state index contributed by atoms with van der Waals surface area (Å²) in [5.41, 5.74) is 8.76. The first-order valence-electron chi connectivity index (χ1n) is 6.19. The first-order valence-corrected chi connectivity index (χ1v) is 7.87. The Kier molecular flexibility index (Phi) is 3.69. The van der Waals surface area contributed by atoms with Crippen molar-refractivity contribution in [3.63, 3.8) is 0 Å². The van der Waals surface area contributed by atoms with E-state index >= 15 is 0 Å². The van der Waals surface area contributed by atoms with Crippen molar-refractivity contribution in [2.75, 3.05) is 0 Å². The van der Waals surface area contributed by atoms with Gasteiger partial charge in [0.05, 0.1) is 3.79 Å². The van der Waals surface area contributed by atoms with Gasteiger partial charge in [-0.3, -0.25) is 0 Å². The minimum absolute atomic E-state index is 0.0590. The van der Waals surface area contributed by atoms with Gasteiger partial charge in [-0.25, -0.2) is 0 Å². The van der Waals surface area contributed by atoms with E-state index in [4.69, 9.17) is 5.73 Å². The molecule has 1 aromatic heterocycles. The molecule has 0 fully saturated rings. The summed E-state index contributed by atoms with van der Waals surface area (Å²) in [6.45, 7) is 0. The molecule has 0 saturated heterocycles. The van der Waals surface area contributed by atoms with E-state index in [2.05, 4.69) is 69.8 Å². The number of fused-ring (bicyclic) bond motifs is 1. The van der Waals surface area contributed by atoms with Crippen molar-refractivity contribution in [3.05, 3.63) is 68.8 Å². The zero-order valence-electron chi connectivity index (χ0n) is 10.3. The average molecular weight is 332 g/mol. The predicted octanol–water partition coefficient (Wildman–Crippen LogP) is 4.91. The highest BCUT2D eigenvalue weighted by Crippen LogP contribution is 2.26. The first-order chi connectivity index (χ1) is 9.22. The Hall–Kier alpha value is -1.16. The molecule has 0 radical (unpaired) electrons. The van der Waals surface area contributed by atoms with Gasteiger partial charge in [-0.1, -0.05) is 42.5 Å². The lowest BCUT2D eigenvalue weighted by Crippen LogP contribution is -2.12. The molecule has 0 spiro atoms. The molecule has 3 rings (SSSR count). The fourth-order valence-electron chi connectivity index (χ4n) is 2.26. The Morgan fingerprint density at radius 2 is 1.84 bits per heavy atom. The summed E-state index contributed by atoms with van der Waals surface area (Å²) in [5, 5.41) is 4.67. The van der Waals surface area contributed by atoms with Crippen LogP contribution in [-0.2, 0) is 6.42 Å². The van der Waals surface area contributed by atoms with E-state index in [-0.39, 0.29) is 6.04 Å². The molecule has 1 unspecified atom stereocenters. The molecule has 0 bridgehead atoms. The summed E-state index contributed by atoms with van der Waals surface area (Å²) < 4.78 is 1.14. The molecule has 0 aliphatic heterocycles. The zero-order chi connectivity index (χ0) is 13.2. The largest absolute Gasteiger partial charge is 0.324 e. The molecule has 2 aromatic carbocycles. The number of rotatable bonds is 3. The van der Waals surface area contributed by atoms with Gasteiger partial charge in [0.25, 0.3) is 0 Å². The highest BCUT2D eigenvalue weighted by molar-refractivity contribution is 9.11. The van der Waals surface area contributed by atoms with Crippen LogP contribution in [0.15, 0.2) is 57.7 Å². The van der Waals surface area contributed by atoms with Crippen LogP contribution < -0.4 is 5.73 Å². The van der Waals surface area contributed by atoms with Crippen molar-refractivity contribution in [2.24, 2.45) is 5.73 Å². The maximum absolute atomic E-state index is 6.27. The molecule has 0 aliphatic rings. The van der Waals surface area contributed by atoms with E-state index in [9.17, 15) is 0 Å². The number of hydrogen-bond acceptors (Lipinski definition) is 2. The van der Waals surface area contributed by atoms with Gasteiger partial charge in [-0.2, -0.15) is 0 Å². The summed E-state index contributed by atoms with van der Waals surface area (Å²) in [7, 11) is 0. The molecule has 3 aromatic rings. The third-order valence-corrected chi connectivity index (χ3v) is 4.81. The van der Waals surface area contributed by atoms with Gasteiger partial charge in [0, 0.05) is 6.04 Å². The first kappa shape index (κ1) is 12.9. The Labute approximate surface area is 125 Å². The Morgan fingerprint density at radius 1 is 1.05 bits per heavy atom. The average Bonchev–Trinajstić information content (AvgIpc) is 2.85. The maximum Gasteiger partial charge on any atom is 0.0701 e. The van der Waals surface area contributed by atoms with E-state index in [1.807, 2.05) is 0 Å². The Balaban J connectivity index is 1.84. The van der Waals surface area contributed by atoms with Crippen molar-refractivity contribution in [1.29, 1.82) is 0 Å². The smallest absolute Gasteiger partial charge is 0.0701 e. The predicted molar refractivity (Wildman–Crippen MR) is 86.6 cm³/mol. The number of thiophene rings is 1. The lowest BCUT2D eigenvalue weighted by molar-refractivity contribution is 0.725. The fraction of sp³-hybridized carbons (Fsp3) is 0.125. The minimum atomic E-state index is 0.0590. The molecule has 0 amide bonds. The molecule has 1 heterocycles. The second-order valence-corrected chi connectivity index (χ2v) is 6.97. The summed E-state index contributed by atoms with van der Waals surface area (Å²) in [6.07, 6.45) is 0.869. The van der Waals surface area contributed by atoms with Gasteiger partial charge in [0.2, 0.25) is 0 Å². The summed E-state index contributed by atoms with van der Waals surface area (Å²) in [6, 6.07) is 17.2. The Bertz CT molecular complexity index is 705. The quantitative estimate of drug-likeness (QED) is 0.725. The molecule has 0 saturated carbocycles. The second kappa shape index (κ2) is 5.45. The SMILES string of the molecule is NC(Cc1ccc2ccccc2c1)c1csc(Br)c1. The summed E-state index contributed by atoms with van der Waals surface area (Å²) in [4.78, 5) is 0. The number of hydrogen-bond donors (Lipinski definition) is 1. The van der Waals surface area contributed by atoms with Crippen molar-refractivity contribution in [3.8, 4) is 0 Å². The highest BCUT2D eigenvalue weighted by Gasteiger charge is 2.09. The van der Waals surface area contributed by atoms with Crippen molar-refractivity contribution in [2.45, 2.75) is 12.5 Å². The van der Waals surface area contributed by atoms with E-state index in [0.717, 1.165) is 10.2 Å². The third kappa shape index (κ3) is 2.89. The fourth-order valence-corrected chi connectivity index (χ4v) is 3.50. The van der Waals surface area contributed by atoms with E-state index < -0.39 is 0 Å². The molecule has 0 aliphatic carbocycles. The van der Waals surface area contributed by atoms with Crippen LogP contribution in [0.5, 0.6) is 0 Å². The van der Waals surface area contributed by atoms with Crippen LogP contribution >= 0.6 is 27.3 Å². The molecular formula is C16H14BrNS. The summed E-state index contributed by atoms with van der Waals surface area (Å²) in [5.74, 6) is 0. The van der Waals surface area contributed by atoms with Crippen molar-refractivity contribution in [1.82, 2.24) is 0 Å². The van der Waals surface area contributed by atoms with Gasteiger partial charge < -0.3 is 5.73 Å². The zero-order valence-corrected chi connectivity index (χ0v) is 12.7. The van der Waals surface area contributed by atoms with Crippen LogP contribution in [0.2, 0.25) is 0 Å². The topological polar surface area (TPSA) is 26.0 Å². The number of benzene rings is 2. The van der Waals surface area contributed by atoms with Gasteiger partial charge >= 0.3 is 0 Å². The van der Waals surface area contributed by atoms with E-state index in [1.165, 1.54) is 21.9 Å². The molecular weight excluding hydrogens is 318 g/mol. The van der Waals surface area contributed by atoms with Gasteiger partial charge in [0.15, 0.2) is 0 Å².